The number of hydrogen-bond acceptors (Lipinski definition) is 4. The van der Waals surface area contributed by atoms with Crippen molar-refractivity contribution in [3.63, 3.8) is 0 Å². The fourth-order valence-electron chi connectivity index (χ4n) is 4.97. The van der Waals surface area contributed by atoms with Gasteiger partial charge in [0, 0.05) is 45.2 Å². The van der Waals surface area contributed by atoms with Gasteiger partial charge in [0.25, 0.3) is 0 Å². The van der Waals surface area contributed by atoms with E-state index in [-0.39, 0.29) is 0 Å². The minimum Gasteiger partial charge on any atom is -0.379 e. The van der Waals surface area contributed by atoms with E-state index in [4.69, 9.17) is 9.72 Å². The Hall–Kier alpha value is -1.43. The molecule has 2 fully saturated rings. The number of ether oxygens (including phenoxy) is 1. The molecule has 1 aromatic carbocycles. The number of nitrogens with zero attached hydrogens (tertiary/aromatic N) is 4. The molecule has 0 amide bonds. The molecular weight excluding hydrogens is 324 g/mol. The Labute approximate surface area is 155 Å². The molecule has 0 saturated carbocycles. The monoisotopic (exact) mass is 354 g/mol. The van der Waals surface area contributed by atoms with Crippen molar-refractivity contribution in [3.05, 3.63) is 29.6 Å². The van der Waals surface area contributed by atoms with Crippen molar-refractivity contribution in [2.75, 3.05) is 39.4 Å². The topological polar surface area (TPSA) is 33.5 Å². The molecule has 140 valence electrons. The third-order valence-electron chi connectivity index (χ3n) is 6.40. The maximum absolute atomic E-state index is 5.47. The summed E-state index contributed by atoms with van der Waals surface area (Å²) >= 11 is 0. The molecule has 0 spiro atoms. The number of fused-ring (bicyclic) bond motifs is 4. The largest absolute Gasteiger partial charge is 0.379 e. The van der Waals surface area contributed by atoms with Crippen molar-refractivity contribution in [2.24, 2.45) is 0 Å². The highest BCUT2D eigenvalue weighted by Gasteiger charge is 2.26. The van der Waals surface area contributed by atoms with E-state index in [1.54, 1.807) is 0 Å². The summed E-state index contributed by atoms with van der Waals surface area (Å²) in [5.41, 5.74) is 3.90. The Morgan fingerprint density at radius 3 is 2.81 bits per heavy atom. The van der Waals surface area contributed by atoms with Gasteiger partial charge in [0.2, 0.25) is 0 Å². The molecule has 0 N–H and O–H groups in total. The minimum absolute atomic E-state index is 0.701. The van der Waals surface area contributed by atoms with Gasteiger partial charge in [-0.15, -0.1) is 0 Å². The molecule has 1 unspecified atom stereocenters. The molecule has 5 nitrogen and oxygen atoms in total. The van der Waals surface area contributed by atoms with E-state index in [0.29, 0.717) is 6.04 Å². The molecule has 4 heterocycles. The number of imidazole rings is 1. The van der Waals surface area contributed by atoms with Crippen molar-refractivity contribution in [3.8, 4) is 0 Å². The fraction of sp³-hybridized carbons (Fsp3) is 0.667. The van der Waals surface area contributed by atoms with Crippen LogP contribution in [0.25, 0.3) is 11.0 Å². The van der Waals surface area contributed by atoms with Crippen LogP contribution in [-0.4, -0.2) is 64.8 Å². The molecule has 0 bridgehead atoms. The van der Waals surface area contributed by atoms with Crippen LogP contribution >= 0.6 is 0 Å². The van der Waals surface area contributed by atoms with Crippen LogP contribution in [0.5, 0.6) is 0 Å². The normalized spacial score (nSPS) is 25.5. The maximum atomic E-state index is 5.47. The lowest BCUT2D eigenvalue weighted by Crippen LogP contribution is -2.43. The average molecular weight is 354 g/mol. The molecule has 2 aromatic rings. The van der Waals surface area contributed by atoms with Gasteiger partial charge in [0.1, 0.15) is 5.82 Å². The quantitative estimate of drug-likeness (QED) is 0.830. The van der Waals surface area contributed by atoms with Gasteiger partial charge in [-0.2, -0.15) is 0 Å². The first kappa shape index (κ1) is 16.7. The third kappa shape index (κ3) is 3.28. The lowest BCUT2D eigenvalue weighted by atomic mass is 9.98. The van der Waals surface area contributed by atoms with Crippen LogP contribution in [0, 0.1) is 0 Å². The number of morpholine rings is 1. The summed E-state index contributed by atoms with van der Waals surface area (Å²) in [6, 6.07) is 7.63. The molecule has 3 aliphatic heterocycles. The summed E-state index contributed by atoms with van der Waals surface area (Å²) in [5, 5.41) is 0. The zero-order chi connectivity index (χ0) is 17.3. The van der Waals surface area contributed by atoms with E-state index in [1.807, 2.05) is 0 Å². The Morgan fingerprint density at radius 2 is 1.88 bits per heavy atom. The standard InChI is InChI=1S/C21H30N4O/c1-2-7-24-8-3-9-25-20-6-5-17(16-23-10-12-26-13-11-23)14-19(20)22-21(25)15-18(24)4-1/h5-6,14,18H,1-4,7-13,15-16H2. The van der Waals surface area contributed by atoms with E-state index < -0.39 is 0 Å². The molecule has 0 radical (unpaired) electrons. The van der Waals surface area contributed by atoms with Gasteiger partial charge < -0.3 is 9.30 Å². The van der Waals surface area contributed by atoms with E-state index in [1.165, 1.54) is 61.2 Å². The summed E-state index contributed by atoms with van der Waals surface area (Å²) in [7, 11) is 0. The summed E-state index contributed by atoms with van der Waals surface area (Å²) in [6.45, 7) is 8.45. The number of piperidine rings is 1. The molecule has 5 rings (SSSR count). The van der Waals surface area contributed by atoms with Gasteiger partial charge in [-0.05, 0) is 43.5 Å². The van der Waals surface area contributed by atoms with Crippen LogP contribution in [0.4, 0.5) is 0 Å². The second-order valence-electron chi connectivity index (χ2n) is 8.13. The van der Waals surface area contributed by atoms with Crippen LogP contribution < -0.4 is 0 Å². The first-order chi connectivity index (χ1) is 12.9. The molecule has 3 aliphatic rings. The van der Waals surface area contributed by atoms with E-state index in [9.17, 15) is 0 Å². The van der Waals surface area contributed by atoms with Crippen molar-refractivity contribution < 1.29 is 4.74 Å². The lowest BCUT2D eigenvalue weighted by molar-refractivity contribution is 0.0342. The van der Waals surface area contributed by atoms with Crippen molar-refractivity contribution in [2.45, 2.75) is 51.2 Å². The van der Waals surface area contributed by atoms with Crippen LogP contribution in [0.15, 0.2) is 18.2 Å². The number of aromatic nitrogens is 2. The zero-order valence-electron chi connectivity index (χ0n) is 15.7. The predicted molar refractivity (Wildman–Crippen MR) is 103 cm³/mol. The van der Waals surface area contributed by atoms with Gasteiger partial charge in [-0.25, -0.2) is 4.98 Å². The first-order valence-electron chi connectivity index (χ1n) is 10.4. The lowest BCUT2D eigenvalue weighted by Gasteiger charge is -2.37. The average Bonchev–Trinajstić information content (AvgIpc) is 2.98. The Bertz CT molecular complexity index is 765. The number of rotatable bonds is 2. The van der Waals surface area contributed by atoms with Crippen LogP contribution in [0.3, 0.4) is 0 Å². The second kappa shape index (κ2) is 7.29. The Morgan fingerprint density at radius 1 is 1.00 bits per heavy atom. The van der Waals surface area contributed by atoms with Crippen LogP contribution in [0.2, 0.25) is 0 Å². The van der Waals surface area contributed by atoms with Crippen LogP contribution in [0.1, 0.15) is 37.1 Å². The van der Waals surface area contributed by atoms with E-state index in [2.05, 4.69) is 32.6 Å². The van der Waals surface area contributed by atoms with Gasteiger partial charge in [-0.1, -0.05) is 12.5 Å². The van der Waals surface area contributed by atoms with Gasteiger partial charge >= 0.3 is 0 Å². The minimum atomic E-state index is 0.701. The SMILES string of the molecule is c1cc2c(cc1CN1CCOCC1)nc1n2CCCN2CCCCC2C1. The molecule has 2 saturated heterocycles. The van der Waals surface area contributed by atoms with Gasteiger partial charge in [-0.3, -0.25) is 9.80 Å². The molecule has 5 heteroatoms. The Kier molecular flexibility index (Phi) is 4.69. The summed E-state index contributed by atoms with van der Waals surface area (Å²) in [5.74, 6) is 1.31. The third-order valence-corrected chi connectivity index (χ3v) is 6.40. The van der Waals surface area contributed by atoms with Gasteiger partial charge in [0.15, 0.2) is 0 Å². The highest BCUT2D eigenvalue weighted by molar-refractivity contribution is 5.77. The predicted octanol–water partition coefficient (Wildman–Crippen LogP) is 2.67. The number of benzene rings is 1. The smallest absolute Gasteiger partial charge is 0.111 e. The number of aryl methyl sites for hydroxylation is 1. The number of hydrogen-bond donors (Lipinski definition) is 0. The second-order valence-corrected chi connectivity index (χ2v) is 8.13. The highest BCUT2D eigenvalue weighted by Crippen LogP contribution is 2.26. The molecule has 0 aliphatic carbocycles. The molecule has 1 aromatic heterocycles. The molecule has 26 heavy (non-hydrogen) atoms. The van der Waals surface area contributed by atoms with E-state index >= 15 is 0 Å². The Balaban J connectivity index is 1.41. The van der Waals surface area contributed by atoms with Crippen molar-refractivity contribution in [1.82, 2.24) is 19.4 Å². The van der Waals surface area contributed by atoms with Gasteiger partial charge in [0.05, 0.1) is 24.2 Å². The highest BCUT2D eigenvalue weighted by atomic mass is 16.5. The summed E-state index contributed by atoms with van der Waals surface area (Å²) in [6.07, 6.45) is 6.45. The summed E-state index contributed by atoms with van der Waals surface area (Å²) in [4.78, 5) is 10.3. The van der Waals surface area contributed by atoms with Crippen LogP contribution in [-0.2, 0) is 24.2 Å². The van der Waals surface area contributed by atoms with Crippen molar-refractivity contribution in [1.29, 1.82) is 0 Å². The molecular formula is C21H30N4O. The fourth-order valence-corrected chi connectivity index (χ4v) is 4.97. The molecule has 1 atom stereocenters. The first-order valence-corrected chi connectivity index (χ1v) is 10.4. The summed E-state index contributed by atoms with van der Waals surface area (Å²) < 4.78 is 7.97. The zero-order valence-corrected chi connectivity index (χ0v) is 15.7. The van der Waals surface area contributed by atoms with E-state index in [0.717, 1.165) is 45.8 Å². The maximum Gasteiger partial charge on any atom is 0.111 e. The van der Waals surface area contributed by atoms with Crippen molar-refractivity contribution >= 4 is 11.0 Å².